The number of carbonyl (C=O) groups excluding carboxylic acids is 2. The summed E-state index contributed by atoms with van der Waals surface area (Å²) in [6.07, 6.45) is 6.53. The number of aromatic nitrogens is 2. The fourth-order valence-corrected chi connectivity index (χ4v) is 5.53. The van der Waals surface area contributed by atoms with Crippen LogP contribution in [0.5, 0.6) is 5.75 Å². The fraction of sp³-hybridized carbons (Fsp3) is 0.188. The standard InChI is InChI=1S/C32H29N5O4S/c1-35-21-26(18-30(38)22-35)8-7-25-17-28(20-33-19-25)32(40)37-15-13-36(14-16-37)29-11-9-27(10-12-29)31(39)34-42(41)23-24-5-3-2-4-6-24/h2-6,9-12,17-22H,13-16,23H2,1H3,(H-,34,38,39)/p+1. The second-order valence-corrected chi connectivity index (χ2v) is 11.1. The summed E-state index contributed by atoms with van der Waals surface area (Å²) in [6, 6.07) is 19.8. The van der Waals surface area contributed by atoms with Gasteiger partial charge in [-0.05, 0) is 30.3 Å². The summed E-state index contributed by atoms with van der Waals surface area (Å²) in [5, 5.41) is 9.77. The van der Waals surface area contributed by atoms with Crippen LogP contribution in [-0.4, -0.2) is 57.5 Å². The number of anilines is 1. The van der Waals surface area contributed by atoms with Crippen molar-refractivity contribution >= 4 is 28.9 Å². The minimum absolute atomic E-state index is 0.106. The van der Waals surface area contributed by atoms with Crippen molar-refractivity contribution in [3.05, 3.63) is 119 Å². The zero-order valence-electron chi connectivity index (χ0n) is 23.1. The maximum absolute atomic E-state index is 13.2. The van der Waals surface area contributed by atoms with Crippen LogP contribution in [0.3, 0.4) is 0 Å². The second-order valence-electron chi connectivity index (χ2n) is 9.89. The molecule has 4 aromatic rings. The maximum Gasteiger partial charge on any atom is 0.292 e. The van der Waals surface area contributed by atoms with E-state index in [0.717, 1.165) is 11.3 Å². The van der Waals surface area contributed by atoms with Crippen LogP contribution in [0.2, 0.25) is 0 Å². The Bertz CT molecular complexity index is 1610. The number of hydrogen-bond acceptors (Lipinski definition) is 6. The molecule has 2 amide bonds. The van der Waals surface area contributed by atoms with E-state index < -0.39 is 11.4 Å². The minimum atomic E-state index is -1.52. The molecule has 2 N–H and O–H groups in total. The average Bonchev–Trinajstić information content (AvgIpc) is 3.00. The lowest BCUT2D eigenvalue weighted by atomic mass is 10.1. The Labute approximate surface area is 247 Å². The van der Waals surface area contributed by atoms with E-state index in [-0.39, 0.29) is 23.3 Å². The number of piperazine rings is 1. The molecule has 2 aromatic carbocycles. The van der Waals surface area contributed by atoms with Gasteiger partial charge in [-0.2, -0.15) is 4.72 Å². The third-order valence-electron chi connectivity index (χ3n) is 6.73. The summed E-state index contributed by atoms with van der Waals surface area (Å²) < 4.78 is 16.6. The van der Waals surface area contributed by atoms with Crippen molar-refractivity contribution in [3.8, 4) is 17.6 Å². The molecule has 1 atom stereocenters. The Balaban J connectivity index is 1.14. The molecule has 0 saturated carbocycles. The summed E-state index contributed by atoms with van der Waals surface area (Å²) in [5.74, 6) is 5.89. The molecule has 1 aliphatic rings. The molecule has 0 spiro atoms. The number of benzene rings is 2. The number of hydrogen-bond donors (Lipinski definition) is 2. The highest BCUT2D eigenvalue weighted by atomic mass is 32.2. The van der Waals surface area contributed by atoms with Gasteiger partial charge in [-0.25, -0.2) is 4.57 Å². The Morgan fingerprint density at radius 2 is 1.67 bits per heavy atom. The van der Waals surface area contributed by atoms with E-state index in [1.165, 1.54) is 0 Å². The Hall–Kier alpha value is -4.85. The number of aryl methyl sites for hydroxylation is 1. The zero-order chi connectivity index (χ0) is 29.5. The third kappa shape index (κ3) is 7.46. The molecule has 3 heterocycles. The average molecular weight is 581 g/mol. The van der Waals surface area contributed by atoms with Gasteiger partial charge in [0.2, 0.25) is 6.20 Å². The van der Waals surface area contributed by atoms with Gasteiger partial charge < -0.3 is 19.5 Å². The van der Waals surface area contributed by atoms with E-state index in [1.54, 1.807) is 65.6 Å². The number of nitrogens with one attached hydrogen (secondary N) is 1. The van der Waals surface area contributed by atoms with Gasteiger partial charge >= 0.3 is 0 Å². The predicted molar refractivity (Wildman–Crippen MR) is 160 cm³/mol. The van der Waals surface area contributed by atoms with Crippen LogP contribution < -0.4 is 14.2 Å². The predicted octanol–water partition coefficient (Wildman–Crippen LogP) is 2.57. The lowest BCUT2D eigenvalue weighted by Gasteiger charge is -2.36. The molecule has 9 nitrogen and oxygen atoms in total. The van der Waals surface area contributed by atoms with Crippen molar-refractivity contribution in [2.24, 2.45) is 7.05 Å². The van der Waals surface area contributed by atoms with Crippen molar-refractivity contribution in [2.75, 3.05) is 31.1 Å². The normalized spacial score (nSPS) is 13.6. The molecule has 1 unspecified atom stereocenters. The first-order valence-corrected chi connectivity index (χ1v) is 14.7. The molecule has 42 heavy (non-hydrogen) atoms. The van der Waals surface area contributed by atoms with E-state index >= 15 is 0 Å². The molecule has 0 bridgehead atoms. The molecule has 1 saturated heterocycles. The lowest BCUT2D eigenvalue weighted by molar-refractivity contribution is -0.672. The van der Waals surface area contributed by atoms with Crippen LogP contribution in [0, 0.1) is 11.8 Å². The summed E-state index contributed by atoms with van der Waals surface area (Å²) in [7, 11) is 1.80. The first-order chi connectivity index (χ1) is 20.3. The second kappa shape index (κ2) is 13.2. The molecule has 2 aromatic heterocycles. The molecular formula is C32H30N5O4S+. The van der Waals surface area contributed by atoms with Gasteiger partial charge in [-0.1, -0.05) is 42.2 Å². The van der Waals surface area contributed by atoms with Crippen LogP contribution in [0.15, 0.2) is 91.5 Å². The summed E-state index contributed by atoms with van der Waals surface area (Å²) in [5.41, 5.74) is 4.00. The van der Waals surface area contributed by atoms with Crippen LogP contribution in [0.1, 0.15) is 37.4 Å². The smallest absolute Gasteiger partial charge is 0.292 e. The topological polar surface area (TPSA) is 113 Å². The summed E-state index contributed by atoms with van der Waals surface area (Å²) in [6.45, 7) is 2.35. The number of pyridine rings is 2. The molecule has 1 fully saturated rings. The van der Waals surface area contributed by atoms with Gasteiger partial charge in [-0.3, -0.25) is 14.6 Å². The first kappa shape index (κ1) is 28.7. The molecule has 5 rings (SSSR count). The van der Waals surface area contributed by atoms with Gasteiger partial charge in [0.25, 0.3) is 11.8 Å². The number of carbonyl (C=O) groups is 2. The zero-order valence-corrected chi connectivity index (χ0v) is 23.9. The number of aromatic hydroxyl groups is 1. The van der Waals surface area contributed by atoms with Gasteiger partial charge in [0.1, 0.15) is 7.05 Å². The highest BCUT2D eigenvalue weighted by Gasteiger charge is 2.23. The summed E-state index contributed by atoms with van der Waals surface area (Å²) >= 11 is -1.52. The van der Waals surface area contributed by atoms with Gasteiger partial charge in [0.15, 0.2) is 17.7 Å². The molecule has 1 aliphatic heterocycles. The van der Waals surface area contributed by atoms with E-state index in [4.69, 9.17) is 0 Å². The Kier molecular flexibility index (Phi) is 9.02. The Morgan fingerprint density at radius 1 is 0.952 bits per heavy atom. The van der Waals surface area contributed by atoms with Gasteiger partial charge in [0.05, 0.1) is 22.5 Å². The van der Waals surface area contributed by atoms with Crippen LogP contribution in [0.4, 0.5) is 5.69 Å². The van der Waals surface area contributed by atoms with E-state index in [2.05, 4.69) is 26.4 Å². The number of rotatable bonds is 6. The first-order valence-electron chi connectivity index (χ1n) is 13.4. The minimum Gasteiger partial charge on any atom is -0.593 e. The molecular weight excluding hydrogens is 550 g/mol. The Morgan fingerprint density at radius 3 is 2.38 bits per heavy atom. The SMILES string of the molecule is C[n+]1cc(O)cc(C#Cc2cncc(C(=O)N3CCN(c4ccc(C(=O)N[S+]([O-])Cc5ccccc5)cc4)CC3)c2)c1. The van der Waals surface area contributed by atoms with Crippen molar-refractivity contribution in [3.63, 3.8) is 0 Å². The quantitative estimate of drug-likeness (QED) is 0.206. The number of nitrogens with zero attached hydrogens (tertiary/aromatic N) is 4. The van der Waals surface area contributed by atoms with Crippen LogP contribution in [-0.2, 0) is 24.2 Å². The third-order valence-corrected chi connectivity index (χ3v) is 7.74. The van der Waals surface area contributed by atoms with Crippen molar-refractivity contribution in [1.29, 1.82) is 0 Å². The van der Waals surface area contributed by atoms with Crippen molar-refractivity contribution < 1.29 is 23.8 Å². The summed E-state index contributed by atoms with van der Waals surface area (Å²) in [4.78, 5) is 33.9. The maximum atomic E-state index is 13.2. The highest BCUT2D eigenvalue weighted by Crippen LogP contribution is 2.19. The van der Waals surface area contributed by atoms with Gasteiger partial charge in [-0.15, -0.1) is 0 Å². The molecule has 10 heteroatoms. The van der Waals surface area contributed by atoms with Crippen molar-refractivity contribution in [1.82, 2.24) is 14.6 Å². The highest BCUT2D eigenvalue weighted by molar-refractivity contribution is 7.89. The van der Waals surface area contributed by atoms with Crippen LogP contribution in [0.25, 0.3) is 0 Å². The van der Waals surface area contributed by atoms with Crippen molar-refractivity contribution in [2.45, 2.75) is 5.75 Å². The van der Waals surface area contributed by atoms with E-state index in [1.807, 2.05) is 42.5 Å². The number of amides is 2. The largest absolute Gasteiger partial charge is 0.593 e. The fourth-order valence-electron chi connectivity index (χ4n) is 4.64. The van der Waals surface area contributed by atoms with E-state index in [0.29, 0.717) is 48.4 Å². The van der Waals surface area contributed by atoms with E-state index in [9.17, 15) is 19.2 Å². The molecule has 0 radical (unpaired) electrons. The lowest BCUT2D eigenvalue weighted by Crippen LogP contribution is -2.48. The van der Waals surface area contributed by atoms with Gasteiger partial charge in [0, 0.05) is 67.0 Å². The molecule has 0 aliphatic carbocycles. The monoisotopic (exact) mass is 580 g/mol. The molecule has 212 valence electrons. The van der Waals surface area contributed by atoms with Crippen LogP contribution >= 0.6 is 0 Å².